The monoisotopic (exact) mass is 453 g/mol. The van der Waals surface area contributed by atoms with E-state index in [4.69, 9.17) is 13.9 Å². The van der Waals surface area contributed by atoms with Crippen LogP contribution in [0.2, 0.25) is 0 Å². The number of aryl methyl sites for hydroxylation is 1. The van der Waals surface area contributed by atoms with Crippen molar-refractivity contribution in [2.45, 2.75) is 57.5 Å². The second-order valence-electron chi connectivity index (χ2n) is 8.71. The van der Waals surface area contributed by atoms with E-state index in [1.807, 2.05) is 38.1 Å². The van der Waals surface area contributed by atoms with E-state index < -0.39 is 5.92 Å². The number of ketones is 1. The molecule has 2 aromatic heterocycles. The molecule has 0 amide bonds. The quantitative estimate of drug-likeness (QED) is 0.660. The molecule has 1 N–H and O–H groups in total. The van der Waals surface area contributed by atoms with Crippen molar-refractivity contribution in [1.29, 1.82) is 0 Å². The predicted molar refractivity (Wildman–Crippen MR) is 120 cm³/mol. The first kappa shape index (κ1) is 21.2. The van der Waals surface area contributed by atoms with E-state index in [9.17, 15) is 9.59 Å². The van der Waals surface area contributed by atoms with Crippen molar-refractivity contribution in [1.82, 2.24) is 5.32 Å². The van der Waals surface area contributed by atoms with Crippen molar-refractivity contribution in [3.8, 4) is 0 Å². The number of thiophene rings is 1. The molecule has 3 aliphatic rings. The molecule has 6 nitrogen and oxygen atoms in total. The van der Waals surface area contributed by atoms with Crippen LogP contribution in [0, 0.1) is 6.92 Å². The van der Waals surface area contributed by atoms with E-state index in [0.717, 1.165) is 39.8 Å². The third-order valence-electron chi connectivity index (χ3n) is 6.46. The molecular formula is C25H27NO5S. The zero-order valence-electron chi connectivity index (χ0n) is 18.3. The fourth-order valence-corrected chi connectivity index (χ4v) is 5.95. The number of nitrogens with one attached hydrogen (secondary N) is 1. The van der Waals surface area contributed by atoms with Gasteiger partial charge in [-0.3, -0.25) is 4.79 Å². The van der Waals surface area contributed by atoms with Crippen LogP contribution in [-0.4, -0.2) is 31.1 Å². The van der Waals surface area contributed by atoms with Crippen molar-refractivity contribution in [3.63, 3.8) is 0 Å². The SMILES string of the molecule is CC1=C(C(=O)OCC2CCCO2)C(c2ccc(C)s2)C2=C(CC(c3ccco3)CC2=O)N1. The number of dihydropyridines is 1. The van der Waals surface area contributed by atoms with Gasteiger partial charge in [-0.25, -0.2) is 4.79 Å². The zero-order chi connectivity index (χ0) is 22.2. The number of esters is 1. The molecule has 0 aromatic carbocycles. The Balaban J connectivity index is 1.48. The lowest BCUT2D eigenvalue weighted by Gasteiger charge is -2.35. The molecule has 32 heavy (non-hydrogen) atoms. The number of rotatable bonds is 5. The van der Waals surface area contributed by atoms with Crippen molar-refractivity contribution in [2.24, 2.45) is 0 Å². The lowest BCUT2D eigenvalue weighted by Crippen LogP contribution is -2.36. The van der Waals surface area contributed by atoms with Gasteiger partial charge in [-0.05, 0) is 57.4 Å². The largest absolute Gasteiger partial charge is 0.469 e. The van der Waals surface area contributed by atoms with Gasteiger partial charge in [0.15, 0.2) is 5.78 Å². The number of carbonyl (C=O) groups excluding carboxylic acids is 2. The van der Waals surface area contributed by atoms with Crippen LogP contribution in [0.1, 0.15) is 60.0 Å². The summed E-state index contributed by atoms with van der Waals surface area (Å²) in [7, 11) is 0. The standard InChI is InChI=1S/C25H27NO5S/c1-14-7-8-21(32-14)24-22(25(28)31-13-17-5-3-9-29-17)15(2)26-18-11-16(12-19(27)23(18)24)20-6-4-10-30-20/h4,6-8,10,16-17,24,26H,3,5,9,11-13H2,1-2H3. The number of hydrogen-bond donors (Lipinski definition) is 1. The van der Waals surface area contributed by atoms with Crippen LogP contribution in [0.5, 0.6) is 0 Å². The highest BCUT2D eigenvalue weighted by atomic mass is 32.1. The zero-order valence-corrected chi connectivity index (χ0v) is 19.1. The second-order valence-corrected chi connectivity index (χ2v) is 10.0. The maximum atomic E-state index is 13.4. The Morgan fingerprint density at radius 2 is 2.12 bits per heavy atom. The number of carbonyl (C=O) groups is 2. The highest BCUT2D eigenvalue weighted by Gasteiger charge is 2.42. The van der Waals surface area contributed by atoms with Crippen LogP contribution in [-0.2, 0) is 19.1 Å². The fourth-order valence-electron chi connectivity index (χ4n) is 4.95. The van der Waals surface area contributed by atoms with Crippen molar-refractivity contribution >= 4 is 23.1 Å². The van der Waals surface area contributed by atoms with Gasteiger partial charge in [-0.15, -0.1) is 11.3 Å². The molecule has 1 aliphatic carbocycles. The van der Waals surface area contributed by atoms with Crippen molar-refractivity contribution < 1.29 is 23.5 Å². The molecule has 1 fully saturated rings. The third-order valence-corrected chi connectivity index (χ3v) is 7.53. The predicted octanol–water partition coefficient (Wildman–Crippen LogP) is 4.73. The Kier molecular flexibility index (Phi) is 5.78. The smallest absolute Gasteiger partial charge is 0.336 e. The van der Waals surface area contributed by atoms with Gasteiger partial charge in [-0.1, -0.05) is 0 Å². The summed E-state index contributed by atoms with van der Waals surface area (Å²) in [4.78, 5) is 28.8. The molecule has 0 spiro atoms. The summed E-state index contributed by atoms with van der Waals surface area (Å²) < 4.78 is 16.9. The second kappa shape index (κ2) is 8.71. The third kappa shape index (κ3) is 3.95. The highest BCUT2D eigenvalue weighted by molar-refractivity contribution is 7.12. The lowest BCUT2D eigenvalue weighted by molar-refractivity contribution is -0.142. The summed E-state index contributed by atoms with van der Waals surface area (Å²) in [5.41, 5.74) is 2.83. The van der Waals surface area contributed by atoms with Gasteiger partial charge in [-0.2, -0.15) is 0 Å². The molecule has 4 heterocycles. The van der Waals surface area contributed by atoms with Crippen molar-refractivity contribution in [3.05, 3.63) is 68.6 Å². The Labute approximate surface area is 191 Å². The Morgan fingerprint density at radius 1 is 1.25 bits per heavy atom. The number of allylic oxidation sites excluding steroid dienone is 3. The van der Waals surface area contributed by atoms with E-state index in [2.05, 4.69) is 5.32 Å². The van der Waals surface area contributed by atoms with Crippen LogP contribution in [0.15, 0.2) is 57.5 Å². The molecule has 1 saturated heterocycles. The van der Waals surface area contributed by atoms with Gasteiger partial charge in [0.05, 0.1) is 23.9 Å². The first-order chi connectivity index (χ1) is 15.5. The van der Waals surface area contributed by atoms with E-state index in [1.165, 1.54) is 0 Å². The molecular weight excluding hydrogens is 426 g/mol. The van der Waals surface area contributed by atoms with Gasteiger partial charge in [0.1, 0.15) is 12.4 Å². The topological polar surface area (TPSA) is 77.8 Å². The maximum Gasteiger partial charge on any atom is 0.336 e. The van der Waals surface area contributed by atoms with Crippen LogP contribution < -0.4 is 5.32 Å². The van der Waals surface area contributed by atoms with Crippen LogP contribution in [0.3, 0.4) is 0 Å². The Hall–Kier alpha value is -2.64. The summed E-state index contributed by atoms with van der Waals surface area (Å²) in [5, 5.41) is 3.38. The fraction of sp³-hybridized carbons (Fsp3) is 0.440. The van der Waals surface area contributed by atoms with E-state index in [-0.39, 0.29) is 30.4 Å². The number of Topliss-reactive ketones (excluding diaryl/α,β-unsaturated/α-hetero) is 1. The summed E-state index contributed by atoms with van der Waals surface area (Å²) in [6.45, 7) is 4.88. The van der Waals surface area contributed by atoms with E-state index >= 15 is 0 Å². The molecule has 168 valence electrons. The molecule has 2 aromatic rings. The lowest BCUT2D eigenvalue weighted by atomic mass is 9.74. The summed E-state index contributed by atoms with van der Waals surface area (Å²) in [5.74, 6) is 0.0723. The first-order valence-corrected chi connectivity index (χ1v) is 12.0. The molecule has 0 saturated carbocycles. The van der Waals surface area contributed by atoms with E-state index in [0.29, 0.717) is 30.6 Å². The minimum absolute atomic E-state index is 0.00436. The Bertz CT molecular complexity index is 1090. The molecule has 0 radical (unpaired) electrons. The van der Waals surface area contributed by atoms with Crippen LogP contribution in [0.25, 0.3) is 0 Å². The van der Waals surface area contributed by atoms with Gasteiger partial charge >= 0.3 is 5.97 Å². The summed E-state index contributed by atoms with van der Waals surface area (Å²) in [6.07, 6.45) is 4.53. The van der Waals surface area contributed by atoms with Gasteiger partial charge in [0.2, 0.25) is 0 Å². The van der Waals surface area contributed by atoms with E-state index in [1.54, 1.807) is 17.6 Å². The van der Waals surface area contributed by atoms with Crippen LogP contribution >= 0.6 is 11.3 Å². The maximum absolute atomic E-state index is 13.4. The van der Waals surface area contributed by atoms with Crippen molar-refractivity contribution in [2.75, 3.05) is 13.2 Å². The number of furan rings is 1. The average Bonchev–Trinajstić information content (AvgIpc) is 3.53. The average molecular weight is 454 g/mol. The summed E-state index contributed by atoms with van der Waals surface area (Å²) >= 11 is 1.62. The molecule has 7 heteroatoms. The first-order valence-electron chi connectivity index (χ1n) is 11.1. The molecule has 3 atom stereocenters. The molecule has 3 unspecified atom stereocenters. The molecule has 5 rings (SSSR count). The highest BCUT2D eigenvalue weighted by Crippen LogP contribution is 2.47. The van der Waals surface area contributed by atoms with Gasteiger partial charge < -0.3 is 19.2 Å². The number of hydrogen-bond acceptors (Lipinski definition) is 7. The number of ether oxygens (including phenoxy) is 2. The minimum atomic E-state index is -0.410. The minimum Gasteiger partial charge on any atom is -0.469 e. The normalized spacial score (nSPS) is 25.7. The molecule has 2 aliphatic heterocycles. The van der Waals surface area contributed by atoms with Gasteiger partial charge in [0.25, 0.3) is 0 Å². The molecule has 0 bridgehead atoms. The van der Waals surface area contributed by atoms with Gasteiger partial charge in [0, 0.05) is 45.7 Å². The Morgan fingerprint density at radius 3 is 2.81 bits per heavy atom. The summed E-state index contributed by atoms with van der Waals surface area (Å²) in [6, 6.07) is 7.82. The van der Waals surface area contributed by atoms with Crippen LogP contribution in [0.4, 0.5) is 0 Å².